The molecule has 4 nitrogen and oxygen atoms in total. The summed E-state index contributed by atoms with van der Waals surface area (Å²) >= 11 is 0. The highest BCUT2D eigenvalue weighted by atomic mass is 16.5. The fourth-order valence-electron chi connectivity index (χ4n) is 3.35. The number of carbonyl (C=O) groups excluding carboxylic acids is 1. The van der Waals surface area contributed by atoms with Crippen LogP contribution in [0.4, 0.5) is 11.4 Å². The fourth-order valence-corrected chi connectivity index (χ4v) is 3.35. The Morgan fingerprint density at radius 2 is 1.78 bits per heavy atom. The van der Waals surface area contributed by atoms with Crippen molar-refractivity contribution in [3.63, 3.8) is 0 Å². The van der Waals surface area contributed by atoms with Crippen molar-refractivity contribution in [1.29, 1.82) is 0 Å². The number of benzene rings is 2. The lowest BCUT2D eigenvalue weighted by Gasteiger charge is -2.22. The van der Waals surface area contributed by atoms with Gasteiger partial charge >= 0.3 is 0 Å². The number of rotatable bonds is 3. The molecule has 0 saturated carbocycles. The largest absolute Gasteiger partial charge is 0.480 e. The Balaban J connectivity index is 1.50. The van der Waals surface area contributed by atoms with E-state index in [9.17, 15) is 4.79 Å². The minimum atomic E-state index is -0.445. The number of carbonyl (C=O) groups is 1. The molecule has 1 fully saturated rings. The van der Waals surface area contributed by atoms with Crippen LogP contribution >= 0.6 is 0 Å². The van der Waals surface area contributed by atoms with E-state index < -0.39 is 6.10 Å². The molecule has 0 aliphatic carbocycles. The Labute approximate surface area is 136 Å². The molecule has 2 heterocycles. The molecule has 1 atom stereocenters. The van der Waals surface area contributed by atoms with Gasteiger partial charge in [0.1, 0.15) is 5.75 Å². The molecule has 1 N–H and O–H groups in total. The molecule has 1 amide bonds. The first-order chi connectivity index (χ1) is 11.3. The lowest BCUT2D eigenvalue weighted by Crippen LogP contribution is -2.32. The molecule has 23 heavy (non-hydrogen) atoms. The smallest absolute Gasteiger partial charge is 0.265 e. The first-order valence-electron chi connectivity index (χ1n) is 8.21. The summed E-state index contributed by atoms with van der Waals surface area (Å²) in [6.45, 7) is 2.11. The maximum Gasteiger partial charge on any atom is 0.265 e. The number of nitrogens with zero attached hydrogens (tertiary/aromatic N) is 1. The third-order valence-electron chi connectivity index (χ3n) is 4.55. The Morgan fingerprint density at radius 3 is 2.61 bits per heavy atom. The van der Waals surface area contributed by atoms with E-state index in [2.05, 4.69) is 16.3 Å². The van der Waals surface area contributed by atoms with Crippen LogP contribution in [0.5, 0.6) is 5.75 Å². The summed E-state index contributed by atoms with van der Waals surface area (Å²) in [6.07, 6.45) is 2.61. The van der Waals surface area contributed by atoms with Crippen molar-refractivity contribution in [3.8, 4) is 5.75 Å². The van der Waals surface area contributed by atoms with E-state index in [1.807, 2.05) is 42.5 Å². The van der Waals surface area contributed by atoms with Crippen molar-refractivity contribution < 1.29 is 9.53 Å². The summed E-state index contributed by atoms with van der Waals surface area (Å²) in [7, 11) is 0. The van der Waals surface area contributed by atoms with Crippen LogP contribution in [-0.4, -0.2) is 25.1 Å². The second-order valence-electron chi connectivity index (χ2n) is 6.12. The molecule has 2 aliphatic heterocycles. The Morgan fingerprint density at radius 1 is 1.04 bits per heavy atom. The Bertz CT molecular complexity index is 698. The van der Waals surface area contributed by atoms with Gasteiger partial charge < -0.3 is 15.0 Å². The lowest BCUT2D eigenvalue weighted by atomic mass is 10.1. The van der Waals surface area contributed by atoms with Gasteiger partial charge in [-0.15, -0.1) is 0 Å². The topological polar surface area (TPSA) is 41.6 Å². The monoisotopic (exact) mass is 308 g/mol. The average Bonchev–Trinajstić information content (AvgIpc) is 3.25. The number of nitrogens with one attached hydrogen (secondary N) is 1. The third-order valence-corrected chi connectivity index (χ3v) is 4.55. The van der Waals surface area contributed by atoms with Gasteiger partial charge in [0.2, 0.25) is 0 Å². The van der Waals surface area contributed by atoms with Crippen LogP contribution in [0.15, 0.2) is 48.5 Å². The molecular weight excluding hydrogens is 288 g/mol. The van der Waals surface area contributed by atoms with Gasteiger partial charge in [0.05, 0.1) is 11.4 Å². The van der Waals surface area contributed by atoms with Crippen LogP contribution in [0, 0.1) is 0 Å². The predicted molar refractivity (Wildman–Crippen MR) is 91.1 cm³/mol. The van der Waals surface area contributed by atoms with E-state index in [1.54, 1.807) is 0 Å². The van der Waals surface area contributed by atoms with Gasteiger partial charge in [0.15, 0.2) is 6.10 Å². The van der Waals surface area contributed by atoms with E-state index in [4.69, 9.17) is 4.74 Å². The van der Waals surface area contributed by atoms with E-state index >= 15 is 0 Å². The lowest BCUT2D eigenvalue weighted by molar-refractivity contribution is -0.122. The number of amides is 1. The second-order valence-corrected chi connectivity index (χ2v) is 6.12. The summed E-state index contributed by atoms with van der Waals surface area (Å²) in [5.41, 5.74) is 3.08. The zero-order valence-corrected chi connectivity index (χ0v) is 13.0. The maximum atomic E-state index is 12.6. The van der Waals surface area contributed by atoms with E-state index in [-0.39, 0.29) is 5.91 Å². The molecule has 0 radical (unpaired) electrons. The molecule has 1 unspecified atom stereocenters. The van der Waals surface area contributed by atoms with Crippen LogP contribution in [-0.2, 0) is 11.2 Å². The Kier molecular flexibility index (Phi) is 3.66. The van der Waals surface area contributed by atoms with Gasteiger partial charge in [-0.05, 0) is 36.6 Å². The van der Waals surface area contributed by atoms with Gasteiger partial charge in [-0.3, -0.25) is 4.79 Å². The van der Waals surface area contributed by atoms with E-state index in [0.717, 1.165) is 35.8 Å². The Hall–Kier alpha value is -2.49. The highest BCUT2D eigenvalue weighted by Gasteiger charge is 2.29. The van der Waals surface area contributed by atoms with Crippen LogP contribution in [0.1, 0.15) is 18.4 Å². The minimum Gasteiger partial charge on any atom is -0.480 e. The normalized spacial score (nSPS) is 19.3. The second kappa shape index (κ2) is 5.95. The van der Waals surface area contributed by atoms with Crippen molar-refractivity contribution >= 4 is 17.3 Å². The minimum absolute atomic E-state index is 0.0761. The molecule has 118 valence electrons. The quantitative estimate of drug-likeness (QED) is 0.946. The van der Waals surface area contributed by atoms with Crippen molar-refractivity contribution in [3.05, 3.63) is 54.1 Å². The van der Waals surface area contributed by atoms with Crippen LogP contribution in [0.2, 0.25) is 0 Å². The third kappa shape index (κ3) is 2.77. The first kappa shape index (κ1) is 14.1. The number of hydrogen-bond acceptors (Lipinski definition) is 3. The molecule has 0 bridgehead atoms. The molecule has 2 aromatic rings. The number of fused-ring (bicyclic) bond motifs is 1. The van der Waals surface area contributed by atoms with Gasteiger partial charge in [-0.2, -0.15) is 0 Å². The molecule has 2 aliphatic rings. The van der Waals surface area contributed by atoms with Crippen LogP contribution in [0.3, 0.4) is 0 Å². The molecule has 2 aromatic carbocycles. The standard InChI is InChI=1S/C19H20N2O2/c22-19(18-13-14-7-1-4-10-17(14)23-18)20-15-8-2-3-9-16(15)21-11-5-6-12-21/h1-4,7-10,18H,5-6,11-13H2,(H,20,22). The molecule has 0 spiro atoms. The zero-order chi connectivity index (χ0) is 15.6. The van der Waals surface area contributed by atoms with Crippen molar-refractivity contribution in [2.45, 2.75) is 25.4 Å². The van der Waals surface area contributed by atoms with Crippen LogP contribution < -0.4 is 15.0 Å². The van der Waals surface area contributed by atoms with Gasteiger partial charge in [-0.1, -0.05) is 30.3 Å². The maximum absolute atomic E-state index is 12.6. The molecule has 4 heteroatoms. The molecule has 4 rings (SSSR count). The van der Waals surface area contributed by atoms with Crippen molar-refractivity contribution in [2.24, 2.45) is 0 Å². The first-order valence-corrected chi connectivity index (χ1v) is 8.21. The fraction of sp³-hybridized carbons (Fsp3) is 0.316. The summed E-state index contributed by atoms with van der Waals surface area (Å²) in [5, 5.41) is 3.06. The molecule has 1 saturated heterocycles. The van der Waals surface area contributed by atoms with Crippen LogP contribution in [0.25, 0.3) is 0 Å². The summed E-state index contributed by atoms with van der Waals surface area (Å²) < 4.78 is 5.78. The molecular formula is C19H20N2O2. The SMILES string of the molecule is O=C(Nc1ccccc1N1CCCC1)C1Cc2ccccc2O1. The predicted octanol–water partition coefficient (Wildman–Crippen LogP) is 3.23. The molecule has 0 aromatic heterocycles. The van der Waals surface area contributed by atoms with E-state index in [1.165, 1.54) is 12.8 Å². The highest BCUT2D eigenvalue weighted by molar-refractivity contribution is 5.98. The van der Waals surface area contributed by atoms with Gasteiger partial charge in [0, 0.05) is 19.5 Å². The summed E-state index contributed by atoms with van der Waals surface area (Å²) in [4.78, 5) is 14.9. The van der Waals surface area contributed by atoms with Gasteiger partial charge in [-0.25, -0.2) is 0 Å². The average molecular weight is 308 g/mol. The number of hydrogen-bond donors (Lipinski definition) is 1. The number of para-hydroxylation sites is 3. The summed E-state index contributed by atoms with van der Waals surface area (Å²) in [6, 6.07) is 15.9. The van der Waals surface area contributed by atoms with Crippen molar-refractivity contribution in [2.75, 3.05) is 23.3 Å². The zero-order valence-electron chi connectivity index (χ0n) is 13.0. The van der Waals surface area contributed by atoms with E-state index in [0.29, 0.717) is 6.42 Å². The number of anilines is 2. The van der Waals surface area contributed by atoms with Crippen molar-refractivity contribution in [1.82, 2.24) is 0 Å². The summed E-state index contributed by atoms with van der Waals surface area (Å²) in [5.74, 6) is 0.744. The van der Waals surface area contributed by atoms with Gasteiger partial charge in [0.25, 0.3) is 5.91 Å². The highest BCUT2D eigenvalue weighted by Crippen LogP contribution is 2.31. The number of ether oxygens (including phenoxy) is 1.